The molecular formula is C25H41NO4. The van der Waals surface area contributed by atoms with Crippen molar-refractivity contribution >= 4 is 11.9 Å². The summed E-state index contributed by atoms with van der Waals surface area (Å²) in [7, 11) is 0. The van der Waals surface area contributed by atoms with Gasteiger partial charge in [0.2, 0.25) is 0 Å². The minimum atomic E-state index is -0.130. The second kappa shape index (κ2) is 10.0. The van der Waals surface area contributed by atoms with Crippen molar-refractivity contribution in [2.75, 3.05) is 32.8 Å². The Morgan fingerprint density at radius 3 is 2.00 bits per heavy atom. The number of carbonyl (C=O) groups excluding carboxylic acids is 2. The van der Waals surface area contributed by atoms with E-state index < -0.39 is 0 Å². The fourth-order valence-corrected chi connectivity index (χ4v) is 7.08. The molecule has 1 unspecified atom stereocenters. The van der Waals surface area contributed by atoms with Crippen LogP contribution < -0.4 is 0 Å². The zero-order valence-electron chi connectivity index (χ0n) is 18.9. The van der Waals surface area contributed by atoms with Crippen LogP contribution in [0.4, 0.5) is 0 Å². The van der Waals surface area contributed by atoms with Gasteiger partial charge in [-0.15, -0.1) is 0 Å². The van der Waals surface area contributed by atoms with Crippen LogP contribution in [0.15, 0.2) is 0 Å². The molecule has 5 rings (SSSR count). The van der Waals surface area contributed by atoms with Gasteiger partial charge in [0.15, 0.2) is 0 Å². The van der Waals surface area contributed by atoms with Crippen molar-refractivity contribution < 1.29 is 19.1 Å². The van der Waals surface area contributed by atoms with Gasteiger partial charge in [-0.3, -0.25) is 9.59 Å². The number of rotatable bonds is 11. The van der Waals surface area contributed by atoms with Crippen molar-refractivity contribution in [2.45, 2.75) is 84.0 Å². The van der Waals surface area contributed by atoms with E-state index in [1.807, 2.05) is 6.92 Å². The smallest absolute Gasteiger partial charge is 0.305 e. The summed E-state index contributed by atoms with van der Waals surface area (Å²) in [4.78, 5) is 26.6. The summed E-state index contributed by atoms with van der Waals surface area (Å²) >= 11 is 0. The molecule has 5 heteroatoms. The largest absolute Gasteiger partial charge is 0.465 e. The first kappa shape index (κ1) is 22.1. The summed E-state index contributed by atoms with van der Waals surface area (Å²) in [5.74, 6) is 2.63. The molecule has 1 aliphatic heterocycles. The SMILES string of the molecule is CC(COC(=O)CCCN1CCCC1)COC(=O)CCC12CC3CC(CC(C3)C1)C2. The molecule has 0 radical (unpaired) electrons. The molecule has 170 valence electrons. The Bertz CT molecular complexity index is 563. The van der Waals surface area contributed by atoms with Crippen molar-refractivity contribution in [1.29, 1.82) is 0 Å². The van der Waals surface area contributed by atoms with Gasteiger partial charge in [-0.05, 0) is 107 Å². The van der Waals surface area contributed by atoms with E-state index in [2.05, 4.69) is 4.90 Å². The molecule has 0 spiro atoms. The lowest BCUT2D eigenvalue weighted by molar-refractivity contribution is -0.150. The highest BCUT2D eigenvalue weighted by Crippen LogP contribution is 2.61. The van der Waals surface area contributed by atoms with Gasteiger partial charge in [0.1, 0.15) is 0 Å². The van der Waals surface area contributed by atoms with Crippen LogP contribution >= 0.6 is 0 Å². The molecule has 1 atom stereocenters. The van der Waals surface area contributed by atoms with Gasteiger partial charge in [0.25, 0.3) is 0 Å². The minimum Gasteiger partial charge on any atom is -0.465 e. The molecule has 4 bridgehead atoms. The zero-order chi connectivity index (χ0) is 21.0. The summed E-state index contributed by atoms with van der Waals surface area (Å²) in [6.07, 6.45) is 13.8. The van der Waals surface area contributed by atoms with Crippen LogP contribution in [0, 0.1) is 29.1 Å². The number of hydrogen-bond acceptors (Lipinski definition) is 5. The standard InChI is InChI=1S/C25H41NO4/c1-19(17-29-23(27)5-4-10-26-8-2-3-9-26)18-30-24(28)6-7-25-14-20-11-21(15-25)13-22(12-20)16-25/h19-22H,2-18H2,1H3. The topological polar surface area (TPSA) is 55.8 Å². The Hall–Kier alpha value is -1.10. The normalized spacial score (nSPS) is 33.6. The molecule has 0 aromatic rings. The quantitative estimate of drug-likeness (QED) is 0.459. The molecule has 5 nitrogen and oxygen atoms in total. The van der Waals surface area contributed by atoms with E-state index in [-0.39, 0.29) is 17.9 Å². The first-order chi connectivity index (χ1) is 14.5. The first-order valence-corrected chi connectivity index (χ1v) is 12.5. The second-order valence-corrected chi connectivity index (χ2v) is 11.0. The molecule has 4 saturated carbocycles. The molecule has 5 fully saturated rings. The second-order valence-electron chi connectivity index (χ2n) is 11.0. The molecule has 0 amide bonds. The highest BCUT2D eigenvalue weighted by atomic mass is 16.5. The summed E-state index contributed by atoms with van der Waals surface area (Å²) in [5, 5.41) is 0. The maximum atomic E-state index is 12.3. The Morgan fingerprint density at radius 1 is 0.900 bits per heavy atom. The highest BCUT2D eigenvalue weighted by Gasteiger charge is 2.50. The van der Waals surface area contributed by atoms with Gasteiger partial charge in [0.05, 0.1) is 13.2 Å². The molecule has 5 aliphatic rings. The average molecular weight is 420 g/mol. The Balaban J connectivity index is 1.06. The van der Waals surface area contributed by atoms with E-state index in [0.29, 0.717) is 31.5 Å². The van der Waals surface area contributed by atoms with E-state index in [9.17, 15) is 9.59 Å². The van der Waals surface area contributed by atoms with E-state index in [1.54, 1.807) is 0 Å². The van der Waals surface area contributed by atoms with Crippen LogP contribution in [-0.2, 0) is 19.1 Å². The van der Waals surface area contributed by atoms with Crippen LogP contribution in [0.5, 0.6) is 0 Å². The molecule has 0 aromatic carbocycles. The molecular weight excluding hydrogens is 378 g/mol. The number of likely N-dealkylation sites (tertiary alicyclic amines) is 1. The lowest BCUT2D eigenvalue weighted by Gasteiger charge is -2.57. The number of ether oxygens (including phenoxy) is 2. The van der Waals surface area contributed by atoms with Crippen LogP contribution in [0.3, 0.4) is 0 Å². The van der Waals surface area contributed by atoms with Crippen molar-refractivity contribution in [3.05, 3.63) is 0 Å². The van der Waals surface area contributed by atoms with E-state index in [0.717, 1.165) is 37.1 Å². The Labute approximate surface area is 182 Å². The number of hydrogen-bond donors (Lipinski definition) is 0. The maximum Gasteiger partial charge on any atom is 0.305 e. The molecule has 4 aliphatic carbocycles. The van der Waals surface area contributed by atoms with E-state index in [4.69, 9.17) is 9.47 Å². The van der Waals surface area contributed by atoms with Crippen LogP contribution in [0.2, 0.25) is 0 Å². The molecule has 30 heavy (non-hydrogen) atoms. The van der Waals surface area contributed by atoms with Crippen LogP contribution in [0.1, 0.15) is 84.0 Å². The highest BCUT2D eigenvalue weighted by molar-refractivity contribution is 5.69. The van der Waals surface area contributed by atoms with Crippen molar-refractivity contribution in [2.24, 2.45) is 29.1 Å². The molecule has 1 heterocycles. The summed E-state index contributed by atoms with van der Waals surface area (Å²) in [5.41, 5.74) is 0.435. The number of nitrogens with zero attached hydrogens (tertiary/aromatic N) is 1. The van der Waals surface area contributed by atoms with Gasteiger partial charge in [-0.1, -0.05) is 6.92 Å². The van der Waals surface area contributed by atoms with Gasteiger partial charge < -0.3 is 14.4 Å². The first-order valence-electron chi connectivity index (χ1n) is 12.5. The number of carbonyl (C=O) groups is 2. The predicted molar refractivity (Wildman–Crippen MR) is 116 cm³/mol. The third-order valence-electron chi connectivity index (χ3n) is 8.14. The summed E-state index contributed by atoms with van der Waals surface area (Å²) < 4.78 is 10.9. The third-order valence-corrected chi connectivity index (χ3v) is 8.14. The lowest BCUT2D eigenvalue weighted by atomic mass is 9.48. The molecule has 1 saturated heterocycles. The van der Waals surface area contributed by atoms with Crippen LogP contribution in [0.25, 0.3) is 0 Å². The van der Waals surface area contributed by atoms with Crippen LogP contribution in [-0.4, -0.2) is 49.7 Å². The van der Waals surface area contributed by atoms with Gasteiger partial charge in [-0.25, -0.2) is 0 Å². The lowest BCUT2D eigenvalue weighted by Crippen LogP contribution is -2.46. The van der Waals surface area contributed by atoms with E-state index >= 15 is 0 Å². The summed E-state index contributed by atoms with van der Waals surface area (Å²) in [6.45, 7) is 5.99. The molecule has 0 N–H and O–H groups in total. The monoisotopic (exact) mass is 419 g/mol. The van der Waals surface area contributed by atoms with Crippen molar-refractivity contribution in [3.63, 3.8) is 0 Å². The Kier molecular flexibility index (Phi) is 7.38. The Morgan fingerprint density at radius 2 is 1.43 bits per heavy atom. The van der Waals surface area contributed by atoms with Crippen molar-refractivity contribution in [1.82, 2.24) is 4.90 Å². The van der Waals surface area contributed by atoms with Gasteiger partial charge in [0, 0.05) is 18.8 Å². The predicted octanol–water partition coefficient (Wildman–Crippen LogP) is 4.58. The van der Waals surface area contributed by atoms with Crippen molar-refractivity contribution in [3.8, 4) is 0 Å². The number of esters is 2. The van der Waals surface area contributed by atoms with E-state index in [1.165, 1.54) is 64.5 Å². The average Bonchev–Trinajstić information content (AvgIpc) is 3.22. The fourth-order valence-electron chi connectivity index (χ4n) is 7.08. The summed E-state index contributed by atoms with van der Waals surface area (Å²) in [6, 6.07) is 0. The third kappa shape index (κ3) is 5.99. The maximum absolute atomic E-state index is 12.3. The fraction of sp³-hybridized carbons (Fsp3) is 0.920. The minimum absolute atomic E-state index is 0.0519. The van der Waals surface area contributed by atoms with Gasteiger partial charge in [-0.2, -0.15) is 0 Å². The van der Waals surface area contributed by atoms with Gasteiger partial charge >= 0.3 is 11.9 Å². The molecule has 0 aromatic heterocycles. The zero-order valence-corrected chi connectivity index (χ0v) is 18.9.